The van der Waals surface area contributed by atoms with E-state index in [1.807, 2.05) is 0 Å². The van der Waals surface area contributed by atoms with Crippen molar-refractivity contribution in [1.29, 1.82) is 0 Å². The molecular weight excluding hydrogens is 264 g/mol. The van der Waals surface area contributed by atoms with E-state index in [9.17, 15) is 0 Å². The van der Waals surface area contributed by atoms with Crippen LogP contribution in [0.25, 0.3) is 33.2 Å². The highest BCUT2D eigenvalue weighted by atomic mass is 14.3. The molecule has 1 aliphatic carbocycles. The molecule has 0 atom stereocenters. The lowest BCUT2D eigenvalue weighted by atomic mass is 10.1. The van der Waals surface area contributed by atoms with Gasteiger partial charge < -0.3 is 0 Å². The molecule has 0 spiro atoms. The first-order chi connectivity index (χ1) is 10.9. The molecule has 0 bridgehead atoms. The number of hydrogen-bond donors (Lipinski definition) is 0. The maximum Gasteiger partial charge on any atom is -0.00923 e. The van der Waals surface area contributed by atoms with Gasteiger partial charge in [0.15, 0.2) is 0 Å². The molecule has 5 rings (SSSR count). The van der Waals surface area contributed by atoms with E-state index in [0.717, 1.165) is 0 Å². The second kappa shape index (κ2) is 4.32. The summed E-state index contributed by atoms with van der Waals surface area (Å²) >= 11 is 0. The van der Waals surface area contributed by atoms with Crippen molar-refractivity contribution in [1.82, 2.24) is 0 Å². The summed E-state index contributed by atoms with van der Waals surface area (Å²) in [4.78, 5) is 0. The van der Waals surface area contributed by atoms with Gasteiger partial charge in [0, 0.05) is 0 Å². The molecular formula is C22H14. The summed E-state index contributed by atoms with van der Waals surface area (Å²) in [6, 6.07) is 28.4. The highest BCUT2D eigenvalue weighted by Gasteiger charge is 2.25. The van der Waals surface area contributed by atoms with Gasteiger partial charge in [0.25, 0.3) is 0 Å². The lowest BCUT2D eigenvalue weighted by molar-refractivity contribution is 1.71. The van der Waals surface area contributed by atoms with Crippen LogP contribution in [0.1, 0.15) is 16.7 Å². The Hall–Kier alpha value is -2.86. The number of benzene rings is 4. The first kappa shape index (κ1) is 11.8. The topological polar surface area (TPSA) is 0 Å². The van der Waals surface area contributed by atoms with Gasteiger partial charge in [-0.15, -0.1) is 0 Å². The fourth-order valence-electron chi connectivity index (χ4n) is 3.25. The summed E-state index contributed by atoms with van der Waals surface area (Å²) < 4.78 is 0. The number of fused-ring (bicyclic) bond motifs is 3. The average Bonchev–Trinajstić information content (AvgIpc) is 3.24. The SMILES string of the molecule is C(=C1c2cc3ccccc3cc21)c1ccc2ccccc2c1. The largest absolute Gasteiger partial charge is 0.0616 e. The van der Waals surface area contributed by atoms with Crippen LogP contribution in [0.5, 0.6) is 0 Å². The van der Waals surface area contributed by atoms with Crippen molar-refractivity contribution in [3.8, 4) is 0 Å². The summed E-state index contributed by atoms with van der Waals surface area (Å²) in [5.74, 6) is 0. The van der Waals surface area contributed by atoms with Crippen molar-refractivity contribution < 1.29 is 0 Å². The number of rotatable bonds is 1. The van der Waals surface area contributed by atoms with Crippen LogP contribution in [0.2, 0.25) is 0 Å². The summed E-state index contributed by atoms with van der Waals surface area (Å²) in [5, 5.41) is 5.24. The molecule has 0 nitrogen and oxygen atoms in total. The van der Waals surface area contributed by atoms with Gasteiger partial charge in [-0.25, -0.2) is 0 Å². The Kier molecular flexibility index (Phi) is 2.31. The summed E-state index contributed by atoms with van der Waals surface area (Å²) in [6.45, 7) is 0. The summed E-state index contributed by atoms with van der Waals surface area (Å²) in [7, 11) is 0. The Labute approximate surface area is 129 Å². The molecule has 0 saturated carbocycles. The molecule has 0 fully saturated rings. The van der Waals surface area contributed by atoms with Gasteiger partial charge in [-0.3, -0.25) is 0 Å². The van der Waals surface area contributed by atoms with Crippen molar-refractivity contribution in [2.75, 3.05) is 0 Å². The molecule has 102 valence electrons. The lowest BCUT2D eigenvalue weighted by Gasteiger charge is -1.98. The second-order valence-corrected chi connectivity index (χ2v) is 5.91. The van der Waals surface area contributed by atoms with Crippen LogP contribution in [-0.2, 0) is 0 Å². The molecule has 0 N–H and O–H groups in total. The standard InChI is InChI=1S/C22H14/c1-2-6-17-11-15(9-10-16(17)5-1)12-20-21-13-18-7-3-4-8-19(18)14-22(20)21/h1-14H. The fraction of sp³-hybridized carbons (Fsp3) is 0. The van der Waals surface area contributed by atoms with Crippen LogP contribution in [0.3, 0.4) is 0 Å². The van der Waals surface area contributed by atoms with Crippen LogP contribution in [0.15, 0.2) is 78.9 Å². The third-order valence-electron chi connectivity index (χ3n) is 4.49. The van der Waals surface area contributed by atoms with E-state index in [1.165, 1.54) is 43.8 Å². The molecule has 0 aliphatic heterocycles. The molecule has 0 aromatic heterocycles. The van der Waals surface area contributed by atoms with Gasteiger partial charge in [-0.1, -0.05) is 60.7 Å². The van der Waals surface area contributed by atoms with E-state index in [4.69, 9.17) is 0 Å². The highest BCUT2D eigenvalue weighted by molar-refractivity contribution is 6.12. The molecule has 0 heterocycles. The highest BCUT2D eigenvalue weighted by Crippen LogP contribution is 2.45. The first-order valence-electron chi connectivity index (χ1n) is 7.62. The van der Waals surface area contributed by atoms with Gasteiger partial charge >= 0.3 is 0 Å². The quantitative estimate of drug-likeness (QED) is 0.358. The minimum Gasteiger partial charge on any atom is -0.0616 e. The van der Waals surface area contributed by atoms with Crippen LogP contribution in [0, 0.1) is 0 Å². The molecule has 4 aromatic rings. The maximum atomic E-state index is 2.30. The van der Waals surface area contributed by atoms with Gasteiger partial charge in [0.05, 0.1) is 0 Å². The Morgan fingerprint density at radius 1 is 0.500 bits per heavy atom. The Morgan fingerprint density at radius 2 is 1.05 bits per heavy atom. The Bertz CT molecular complexity index is 1020. The maximum absolute atomic E-state index is 2.30. The molecule has 0 radical (unpaired) electrons. The van der Waals surface area contributed by atoms with Gasteiger partial charge in [-0.05, 0) is 68.1 Å². The second-order valence-electron chi connectivity index (χ2n) is 5.91. The Morgan fingerprint density at radius 3 is 1.68 bits per heavy atom. The Balaban J connectivity index is 1.61. The van der Waals surface area contributed by atoms with E-state index in [1.54, 1.807) is 0 Å². The van der Waals surface area contributed by atoms with Crippen molar-refractivity contribution in [3.63, 3.8) is 0 Å². The third-order valence-corrected chi connectivity index (χ3v) is 4.49. The molecule has 0 unspecified atom stereocenters. The molecule has 1 aliphatic rings. The van der Waals surface area contributed by atoms with Gasteiger partial charge in [0.1, 0.15) is 0 Å². The van der Waals surface area contributed by atoms with Crippen molar-refractivity contribution in [2.24, 2.45) is 0 Å². The fourth-order valence-corrected chi connectivity index (χ4v) is 3.25. The zero-order valence-electron chi connectivity index (χ0n) is 12.1. The van der Waals surface area contributed by atoms with E-state index in [-0.39, 0.29) is 0 Å². The summed E-state index contributed by atoms with van der Waals surface area (Å²) in [5.41, 5.74) is 5.44. The molecule has 22 heavy (non-hydrogen) atoms. The van der Waals surface area contributed by atoms with E-state index in [2.05, 4.69) is 84.9 Å². The average molecular weight is 278 g/mol. The minimum absolute atomic E-state index is 1.27. The van der Waals surface area contributed by atoms with Gasteiger partial charge in [0.2, 0.25) is 0 Å². The smallest absolute Gasteiger partial charge is 0.00923 e. The van der Waals surface area contributed by atoms with E-state index in [0.29, 0.717) is 0 Å². The molecule has 4 aromatic carbocycles. The first-order valence-corrected chi connectivity index (χ1v) is 7.62. The van der Waals surface area contributed by atoms with Crippen LogP contribution < -0.4 is 0 Å². The van der Waals surface area contributed by atoms with Crippen molar-refractivity contribution in [3.05, 3.63) is 95.6 Å². The zero-order valence-corrected chi connectivity index (χ0v) is 12.1. The van der Waals surface area contributed by atoms with Crippen LogP contribution in [0.4, 0.5) is 0 Å². The third kappa shape index (κ3) is 1.78. The molecule has 0 heteroatoms. The van der Waals surface area contributed by atoms with Crippen LogP contribution >= 0.6 is 0 Å². The van der Waals surface area contributed by atoms with E-state index >= 15 is 0 Å². The molecule has 0 saturated heterocycles. The van der Waals surface area contributed by atoms with Gasteiger partial charge in [-0.2, -0.15) is 0 Å². The minimum atomic E-state index is 1.27. The summed E-state index contributed by atoms with van der Waals surface area (Å²) in [6.07, 6.45) is 2.30. The zero-order chi connectivity index (χ0) is 14.5. The van der Waals surface area contributed by atoms with Crippen LogP contribution in [-0.4, -0.2) is 0 Å². The van der Waals surface area contributed by atoms with Crippen molar-refractivity contribution >= 4 is 33.2 Å². The molecule has 0 amide bonds. The van der Waals surface area contributed by atoms with E-state index < -0.39 is 0 Å². The van der Waals surface area contributed by atoms with Crippen molar-refractivity contribution in [2.45, 2.75) is 0 Å². The lowest BCUT2D eigenvalue weighted by Crippen LogP contribution is -1.74. The normalized spacial score (nSPS) is 12.5. The monoisotopic (exact) mass is 278 g/mol. The predicted molar refractivity (Wildman–Crippen MR) is 94.9 cm³/mol. The number of hydrogen-bond acceptors (Lipinski definition) is 0. The predicted octanol–water partition coefficient (Wildman–Crippen LogP) is 5.90.